The molecule has 0 aromatic carbocycles. The van der Waals surface area contributed by atoms with Crippen LogP contribution in [0.25, 0.3) is 0 Å². The first-order valence-electron chi connectivity index (χ1n) is 5.44. The van der Waals surface area contributed by atoms with E-state index in [1.54, 1.807) is 4.57 Å². The molecule has 0 amide bonds. The normalized spacial score (nSPS) is 12.2. The highest BCUT2D eigenvalue weighted by molar-refractivity contribution is 5.26. The predicted molar refractivity (Wildman–Crippen MR) is 64.5 cm³/mol. The smallest absolute Gasteiger partial charge is 0.253 e. The van der Waals surface area contributed by atoms with E-state index in [2.05, 4.69) is 34.6 Å². The Morgan fingerprint density at radius 3 is 2.20 bits per heavy atom. The third kappa shape index (κ3) is 2.49. The molecule has 15 heavy (non-hydrogen) atoms. The van der Waals surface area contributed by atoms with E-state index in [1.807, 2.05) is 19.3 Å². The van der Waals surface area contributed by atoms with E-state index in [0.717, 1.165) is 5.56 Å². The Balaban J connectivity index is 3.43. The van der Waals surface area contributed by atoms with Crippen molar-refractivity contribution in [3.8, 4) is 0 Å². The van der Waals surface area contributed by atoms with Gasteiger partial charge in [0.05, 0.1) is 0 Å². The van der Waals surface area contributed by atoms with Crippen molar-refractivity contribution in [1.29, 1.82) is 0 Å². The molecule has 0 fully saturated rings. The number of rotatable bonds is 1. The first kappa shape index (κ1) is 12.0. The molecule has 0 aliphatic rings. The number of hydrogen-bond donors (Lipinski definition) is 0. The first-order chi connectivity index (χ1) is 6.73. The molecule has 2 nitrogen and oxygen atoms in total. The summed E-state index contributed by atoms with van der Waals surface area (Å²) in [4.78, 5) is 11.9. The number of aromatic nitrogens is 1. The summed E-state index contributed by atoms with van der Waals surface area (Å²) in [6.07, 6.45) is 1.94. The van der Waals surface area contributed by atoms with Crippen LogP contribution >= 0.6 is 0 Å². The maximum atomic E-state index is 11.9. The molecule has 0 bridgehead atoms. The summed E-state index contributed by atoms with van der Waals surface area (Å²) < 4.78 is 1.69. The Hall–Kier alpha value is -1.05. The SMILES string of the molecule is CC(C)c1cc(C(C)(C)C)cn(C)c1=O. The average Bonchev–Trinajstić information content (AvgIpc) is 2.06. The molecule has 1 aromatic heterocycles. The van der Waals surface area contributed by atoms with E-state index < -0.39 is 0 Å². The van der Waals surface area contributed by atoms with Crippen LogP contribution in [0.3, 0.4) is 0 Å². The lowest BCUT2D eigenvalue weighted by Gasteiger charge is -2.21. The predicted octanol–water partition coefficient (Wildman–Crippen LogP) is 2.81. The molecule has 1 aromatic rings. The minimum atomic E-state index is 0.0924. The van der Waals surface area contributed by atoms with Gasteiger partial charge in [0.15, 0.2) is 0 Å². The van der Waals surface area contributed by atoms with E-state index in [-0.39, 0.29) is 16.9 Å². The molecule has 84 valence electrons. The fraction of sp³-hybridized carbons (Fsp3) is 0.615. The lowest BCUT2D eigenvalue weighted by Crippen LogP contribution is -2.25. The molecule has 1 rings (SSSR count). The minimum Gasteiger partial charge on any atom is -0.318 e. The lowest BCUT2D eigenvalue weighted by atomic mass is 9.86. The summed E-state index contributed by atoms with van der Waals surface area (Å²) in [6, 6.07) is 2.05. The number of aryl methyl sites for hydroxylation is 1. The number of hydrogen-bond acceptors (Lipinski definition) is 1. The van der Waals surface area contributed by atoms with Gasteiger partial charge in [0, 0.05) is 18.8 Å². The number of pyridine rings is 1. The van der Waals surface area contributed by atoms with Crippen LogP contribution in [0.5, 0.6) is 0 Å². The molecule has 2 heteroatoms. The monoisotopic (exact) mass is 207 g/mol. The van der Waals surface area contributed by atoms with Crippen molar-refractivity contribution in [1.82, 2.24) is 4.57 Å². The van der Waals surface area contributed by atoms with Gasteiger partial charge in [-0.05, 0) is 23.0 Å². The third-order valence-corrected chi connectivity index (χ3v) is 2.70. The van der Waals surface area contributed by atoms with Crippen LogP contribution in [0.15, 0.2) is 17.1 Å². The van der Waals surface area contributed by atoms with Crippen molar-refractivity contribution in [2.75, 3.05) is 0 Å². The zero-order chi connectivity index (χ0) is 11.8. The van der Waals surface area contributed by atoms with Crippen molar-refractivity contribution < 1.29 is 0 Å². The second-order valence-corrected chi connectivity index (χ2v) is 5.50. The Morgan fingerprint density at radius 1 is 1.27 bits per heavy atom. The van der Waals surface area contributed by atoms with Crippen molar-refractivity contribution in [2.45, 2.75) is 46.0 Å². The summed E-state index contributed by atoms with van der Waals surface area (Å²) in [6.45, 7) is 10.6. The minimum absolute atomic E-state index is 0.0924. The summed E-state index contributed by atoms with van der Waals surface area (Å²) in [5, 5.41) is 0. The van der Waals surface area contributed by atoms with Gasteiger partial charge >= 0.3 is 0 Å². The van der Waals surface area contributed by atoms with Gasteiger partial charge in [-0.15, -0.1) is 0 Å². The molecule has 0 spiro atoms. The lowest BCUT2D eigenvalue weighted by molar-refractivity contribution is 0.576. The van der Waals surface area contributed by atoms with Gasteiger partial charge in [0.1, 0.15) is 0 Å². The summed E-state index contributed by atoms with van der Waals surface area (Å²) in [7, 11) is 1.82. The van der Waals surface area contributed by atoms with Gasteiger partial charge in [-0.25, -0.2) is 0 Å². The zero-order valence-electron chi connectivity index (χ0n) is 10.6. The van der Waals surface area contributed by atoms with Crippen LogP contribution in [0.1, 0.15) is 51.7 Å². The van der Waals surface area contributed by atoms with Crippen molar-refractivity contribution >= 4 is 0 Å². The highest BCUT2D eigenvalue weighted by Gasteiger charge is 2.17. The van der Waals surface area contributed by atoms with Gasteiger partial charge in [-0.2, -0.15) is 0 Å². The standard InChI is InChI=1S/C13H21NO/c1-9(2)11-7-10(13(3,4)5)8-14(6)12(11)15/h7-9H,1-6H3. The van der Waals surface area contributed by atoms with Crippen LogP contribution in [0, 0.1) is 0 Å². The second kappa shape index (κ2) is 3.84. The van der Waals surface area contributed by atoms with Gasteiger partial charge in [-0.3, -0.25) is 4.79 Å². The molecular weight excluding hydrogens is 186 g/mol. The summed E-state index contributed by atoms with van der Waals surface area (Å²) in [5.74, 6) is 0.283. The fourth-order valence-electron chi connectivity index (χ4n) is 1.56. The van der Waals surface area contributed by atoms with Crippen molar-refractivity contribution in [3.63, 3.8) is 0 Å². The van der Waals surface area contributed by atoms with Gasteiger partial charge in [-0.1, -0.05) is 34.6 Å². The Morgan fingerprint density at radius 2 is 1.80 bits per heavy atom. The summed E-state index contributed by atoms with van der Waals surface area (Å²) >= 11 is 0. The van der Waals surface area contributed by atoms with E-state index in [4.69, 9.17) is 0 Å². The Kier molecular flexibility index (Phi) is 3.08. The molecular formula is C13H21NO. The largest absolute Gasteiger partial charge is 0.318 e. The van der Waals surface area contributed by atoms with Crippen LogP contribution in [-0.2, 0) is 12.5 Å². The van der Waals surface area contributed by atoms with E-state index in [9.17, 15) is 4.79 Å². The van der Waals surface area contributed by atoms with Gasteiger partial charge < -0.3 is 4.57 Å². The molecule has 0 aliphatic carbocycles. The van der Waals surface area contributed by atoms with E-state index in [1.165, 1.54) is 5.56 Å². The number of nitrogens with zero attached hydrogens (tertiary/aromatic N) is 1. The molecule has 0 saturated heterocycles. The molecule has 0 unspecified atom stereocenters. The first-order valence-corrected chi connectivity index (χ1v) is 5.44. The van der Waals surface area contributed by atoms with Gasteiger partial charge in [0.2, 0.25) is 0 Å². The third-order valence-electron chi connectivity index (χ3n) is 2.70. The van der Waals surface area contributed by atoms with Crippen molar-refractivity contribution in [2.24, 2.45) is 7.05 Å². The highest BCUT2D eigenvalue weighted by atomic mass is 16.1. The Labute approximate surface area is 91.9 Å². The molecule has 0 atom stereocenters. The Bertz CT molecular complexity index is 408. The van der Waals surface area contributed by atoms with Gasteiger partial charge in [0.25, 0.3) is 5.56 Å². The molecule has 1 heterocycles. The topological polar surface area (TPSA) is 22.0 Å². The zero-order valence-corrected chi connectivity index (χ0v) is 10.6. The average molecular weight is 207 g/mol. The second-order valence-electron chi connectivity index (χ2n) is 5.50. The van der Waals surface area contributed by atoms with E-state index >= 15 is 0 Å². The van der Waals surface area contributed by atoms with Crippen molar-refractivity contribution in [3.05, 3.63) is 33.7 Å². The highest BCUT2D eigenvalue weighted by Crippen LogP contribution is 2.23. The van der Waals surface area contributed by atoms with Crippen LogP contribution < -0.4 is 5.56 Å². The fourth-order valence-corrected chi connectivity index (χ4v) is 1.56. The molecule has 0 radical (unpaired) electrons. The molecule has 0 N–H and O–H groups in total. The molecule has 0 saturated carbocycles. The van der Waals surface area contributed by atoms with Crippen LogP contribution in [0.2, 0.25) is 0 Å². The molecule has 0 aliphatic heterocycles. The maximum absolute atomic E-state index is 11.9. The maximum Gasteiger partial charge on any atom is 0.253 e. The quantitative estimate of drug-likeness (QED) is 0.694. The van der Waals surface area contributed by atoms with E-state index in [0.29, 0.717) is 0 Å². The summed E-state index contributed by atoms with van der Waals surface area (Å²) in [5.41, 5.74) is 2.34. The van der Waals surface area contributed by atoms with Crippen LogP contribution in [0.4, 0.5) is 0 Å². The van der Waals surface area contributed by atoms with Crippen LogP contribution in [-0.4, -0.2) is 4.57 Å².